The molecule has 3 aromatic rings. The van der Waals surface area contributed by atoms with Gasteiger partial charge < -0.3 is 19.4 Å². The third-order valence-corrected chi connectivity index (χ3v) is 6.42. The molecule has 7 heteroatoms. The molecule has 7 nitrogen and oxygen atoms in total. The average molecular weight is 435 g/mol. The van der Waals surface area contributed by atoms with Gasteiger partial charge in [0.1, 0.15) is 23.4 Å². The molecular formula is C25H30N4O3. The number of methoxy groups -OCH3 is 1. The van der Waals surface area contributed by atoms with E-state index in [1.807, 2.05) is 24.3 Å². The highest BCUT2D eigenvalue weighted by atomic mass is 16.5. The number of nitrogens with zero attached hydrogens (tertiary/aromatic N) is 3. The molecule has 1 aliphatic heterocycles. The number of aromatic nitrogens is 2. The lowest BCUT2D eigenvalue weighted by Crippen LogP contribution is -2.38. The summed E-state index contributed by atoms with van der Waals surface area (Å²) in [7, 11) is 3.71. The first-order valence-corrected chi connectivity index (χ1v) is 11.4. The number of imidazole rings is 1. The molecule has 5 rings (SSSR count). The minimum absolute atomic E-state index is 0.0653. The number of amides is 1. The topological polar surface area (TPSA) is 68.6 Å². The van der Waals surface area contributed by atoms with Gasteiger partial charge in [-0.15, -0.1) is 0 Å². The van der Waals surface area contributed by atoms with E-state index in [4.69, 9.17) is 14.5 Å². The van der Waals surface area contributed by atoms with Crippen molar-refractivity contribution in [3.8, 4) is 11.5 Å². The lowest BCUT2D eigenvalue weighted by atomic mass is 10.1. The van der Waals surface area contributed by atoms with Crippen LogP contribution < -0.4 is 14.8 Å². The van der Waals surface area contributed by atoms with E-state index >= 15 is 0 Å². The fraction of sp³-hybridized carbons (Fsp3) is 0.440. The number of ether oxygens (including phenoxy) is 2. The number of carbonyl (C=O) groups is 1. The van der Waals surface area contributed by atoms with Gasteiger partial charge in [0.05, 0.1) is 30.3 Å². The van der Waals surface area contributed by atoms with Gasteiger partial charge in [0, 0.05) is 32.2 Å². The van der Waals surface area contributed by atoms with Gasteiger partial charge in [-0.05, 0) is 49.9 Å². The van der Waals surface area contributed by atoms with Crippen molar-refractivity contribution in [2.45, 2.75) is 44.4 Å². The number of aryl methyl sites for hydroxylation is 1. The Hall–Kier alpha value is -3.06. The number of hydrogen-bond acceptors (Lipinski definition) is 5. The largest absolute Gasteiger partial charge is 0.497 e. The van der Waals surface area contributed by atoms with Crippen molar-refractivity contribution in [1.29, 1.82) is 0 Å². The van der Waals surface area contributed by atoms with Crippen LogP contribution in [-0.4, -0.2) is 52.7 Å². The highest BCUT2D eigenvalue weighted by Gasteiger charge is 2.27. The third-order valence-electron chi connectivity index (χ3n) is 6.42. The fourth-order valence-electron chi connectivity index (χ4n) is 4.31. The van der Waals surface area contributed by atoms with E-state index in [-0.39, 0.29) is 12.0 Å². The molecule has 168 valence electrons. The molecule has 1 N–H and O–H groups in total. The summed E-state index contributed by atoms with van der Waals surface area (Å²) in [5.74, 6) is 2.32. The average Bonchev–Trinajstić information content (AvgIpc) is 3.58. The van der Waals surface area contributed by atoms with E-state index in [0.717, 1.165) is 62.2 Å². The Bertz CT molecular complexity index is 1110. The van der Waals surface area contributed by atoms with Crippen LogP contribution in [0, 0.1) is 0 Å². The molecule has 1 saturated heterocycles. The van der Waals surface area contributed by atoms with Crippen LogP contribution in [0.2, 0.25) is 0 Å². The molecule has 2 aliphatic rings. The molecule has 2 heterocycles. The van der Waals surface area contributed by atoms with Gasteiger partial charge in [-0.25, -0.2) is 4.98 Å². The highest BCUT2D eigenvalue weighted by molar-refractivity contribution is 5.97. The van der Waals surface area contributed by atoms with Crippen molar-refractivity contribution in [3.63, 3.8) is 0 Å². The molecule has 1 aromatic heterocycles. The number of para-hydroxylation sites is 2. The van der Waals surface area contributed by atoms with E-state index in [9.17, 15) is 4.79 Å². The molecule has 1 saturated carbocycles. The minimum Gasteiger partial charge on any atom is -0.497 e. The van der Waals surface area contributed by atoms with Crippen LogP contribution in [0.15, 0.2) is 42.5 Å². The van der Waals surface area contributed by atoms with Crippen LogP contribution in [0.25, 0.3) is 11.0 Å². The molecule has 0 bridgehead atoms. The molecule has 0 spiro atoms. The number of rotatable bonds is 7. The second-order valence-electron chi connectivity index (χ2n) is 8.78. The smallest absolute Gasteiger partial charge is 0.255 e. The molecule has 1 amide bonds. The maximum atomic E-state index is 12.7. The summed E-state index contributed by atoms with van der Waals surface area (Å²) in [6.07, 6.45) is 4.01. The van der Waals surface area contributed by atoms with Crippen molar-refractivity contribution in [3.05, 3.63) is 53.9 Å². The van der Waals surface area contributed by atoms with E-state index in [1.165, 1.54) is 0 Å². The summed E-state index contributed by atoms with van der Waals surface area (Å²) in [4.78, 5) is 19.9. The summed E-state index contributed by atoms with van der Waals surface area (Å²) in [6.45, 7) is 2.69. The summed E-state index contributed by atoms with van der Waals surface area (Å²) in [5.41, 5.74) is 2.79. The number of nitrogens with one attached hydrogen (secondary N) is 1. The zero-order chi connectivity index (χ0) is 22.1. The standard InChI is InChI=1S/C25H30N4O3/c1-28-22-6-4-3-5-21(22)27-24(28)16-29-13-11-18(12-14-29)32-23-15-19(31-2)9-10-20(23)25(30)26-17-7-8-17/h3-6,9-10,15,17-18H,7-8,11-14,16H2,1-2H3,(H,26,30). The number of likely N-dealkylation sites (tertiary alicyclic amines) is 1. The Morgan fingerprint density at radius 1 is 1.12 bits per heavy atom. The second kappa shape index (κ2) is 8.82. The molecule has 0 atom stereocenters. The van der Waals surface area contributed by atoms with Gasteiger partial charge >= 0.3 is 0 Å². The number of piperidine rings is 1. The first kappa shape index (κ1) is 20.8. The zero-order valence-electron chi connectivity index (χ0n) is 18.7. The van der Waals surface area contributed by atoms with Crippen molar-refractivity contribution in [2.75, 3.05) is 20.2 Å². The van der Waals surface area contributed by atoms with Crippen molar-refractivity contribution >= 4 is 16.9 Å². The first-order chi connectivity index (χ1) is 15.6. The van der Waals surface area contributed by atoms with Crippen molar-refractivity contribution in [1.82, 2.24) is 19.8 Å². The second-order valence-corrected chi connectivity index (χ2v) is 8.78. The lowest BCUT2D eigenvalue weighted by Gasteiger charge is -2.32. The molecule has 0 radical (unpaired) electrons. The third kappa shape index (κ3) is 4.43. The fourth-order valence-corrected chi connectivity index (χ4v) is 4.31. The molecule has 2 fully saturated rings. The maximum Gasteiger partial charge on any atom is 0.255 e. The number of hydrogen-bond donors (Lipinski definition) is 1. The van der Waals surface area contributed by atoms with Crippen LogP contribution in [0.1, 0.15) is 41.9 Å². The van der Waals surface area contributed by atoms with Crippen LogP contribution in [-0.2, 0) is 13.6 Å². The Balaban J connectivity index is 1.22. The summed E-state index contributed by atoms with van der Waals surface area (Å²) < 4.78 is 13.9. The normalized spacial score (nSPS) is 17.4. The Labute approximate surface area is 188 Å². The SMILES string of the molecule is COc1ccc(C(=O)NC2CC2)c(OC2CCN(Cc3nc4ccccc4n3C)CC2)c1. The van der Waals surface area contributed by atoms with Crippen LogP contribution in [0.5, 0.6) is 11.5 Å². The van der Waals surface area contributed by atoms with Crippen molar-refractivity contribution < 1.29 is 14.3 Å². The van der Waals surface area contributed by atoms with E-state index < -0.39 is 0 Å². The minimum atomic E-state index is -0.0653. The lowest BCUT2D eigenvalue weighted by molar-refractivity contribution is 0.0881. The predicted molar refractivity (Wildman–Crippen MR) is 123 cm³/mol. The molecule has 1 aliphatic carbocycles. The Morgan fingerprint density at radius 2 is 1.91 bits per heavy atom. The van der Waals surface area contributed by atoms with E-state index in [1.54, 1.807) is 13.2 Å². The monoisotopic (exact) mass is 434 g/mol. The molecule has 32 heavy (non-hydrogen) atoms. The Kier molecular flexibility index (Phi) is 5.74. The summed E-state index contributed by atoms with van der Waals surface area (Å²) in [5, 5.41) is 3.06. The maximum absolute atomic E-state index is 12.7. The Morgan fingerprint density at radius 3 is 2.62 bits per heavy atom. The number of fused-ring (bicyclic) bond motifs is 1. The summed E-state index contributed by atoms with van der Waals surface area (Å²) >= 11 is 0. The van der Waals surface area contributed by atoms with Gasteiger partial charge in [-0.2, -0.15) is 0 Å². The van der Waals surface area contributed by atoms with Gasteiger partial charge in [-0.1, -0.05) is 12.1 Å². The molecular weight excluding hydrogens is 404 g/mol. The summed E-state index contributed by atoms with van der Waals surface area (Å²) in [6, 6.07) is 14.0. The molecule has 2 aromatic carbocycles. The van der Waals surface area contributed by atoms with Crippen LogP contribution >= 0.6 is 0 Å². The van der Waals surface area contributed by atoms with Gasteiger partial charge in [0.15, 0.2) is 0 Å². The number of benzene rings is 2. The zero-order valence-corrected chi connectivity index (χ0v) is 18.7. The predicted octanol–water partition coefficient (Wildman–Crippen LogP) is 3.52. The van der Waals surface area contributed by atoms with Gasteiger partial charge in [0.25, 0.3) is 5.91 Å². The number of carbonyl (C=O) groups excluding carboxylic acids is 1. The quantitative estimate of drug-likeness (QED) is 0.616. The van der Waals surface area contributed by atoms with Crippen LogP contribution in [0.3, 0.4) is 0 Å². The van der Waals surface area contributed by atoms with E-state index in [2.05, 4.69) is 34.0 Å². The van der Waals surface area contributed by atoms with Gasteiger partial charge in [0.2, 0.25) is 0 Å². The van der Waals surface area contributed by atoms with Crippen molar-refractivity contribution in [2.24, 2.45) is 7.05 Å². The highest BCUT2D eigenvalue weighted by Crippen LogP contribution is 2.29. The molecule has 0 unspecified atom stereocenters. The van der Waals surface area contributed by atoms with E-state index in [0.29, 0.717) is 23.1 Å². The first-order valence-electron chi connectivity index (χ1n) is 11.4. The van der Waals surface area contributed by atoms with Gasteiger partial charge in [-0.3, -0.25) is 9.69 Å². The van der Waals surface area contributed by atoms with Crippen LogP contribution in [0.4, 0.5) is 0 Å².